The summed E-state index contributed by atoms with van der Waals surface area (Å²) in [6, 6.07) is 13.1. The second kappa shape index (κ2) is 6.38. The van der Waals surface area contributed by atoms with E-state index in [2.05, 4.69) is 5.10 Å². The number of benzene rings is 2. The molecule has 2 aromatic rings. The molecule has 0 saturated heterocycles. The summed E-state index contributed by atoms with van der Waals surface area (Å²) < 4.78 is 17.9. The lowest BCUT2D eigenvalue weighted by Crippen LogP contribution is -2.18. The number of nitrogens with zero attached hydrogens (tertiary/aromatic N) is 2. The molecular formula is C17H14ClFN2O2. The number of hydrazone groups is 1. The zero-order valence-corrected chi connectivity index (χ0v) is 13.1. The smallest absolute Gasteiger partial charge is 0.354 e. The van der Waals surface area contributed by atoms with Gasteiger partial charge in [0, 0.05) is 11.4 Å². The number of carbonyl (C=O) groups excluding carboxylic acids is 1. The van der Waals surface area contributed by atoms with Crippen LogP contribution in [0, 0.1) is 5.82 Å². The van der Waals surface area contributed by atoms with Crippen LogP contribution in [0.2, 0.25) is 5.02 Å². The highest BCUT2D eigenvalue weighted by Gasteiger charge is 2.32. The molecule has 0 unspecified atom stereocenters. The topological polar surface area (TPSA) is 41.9 Å². The van der Waals surface area contributed by atoms with Crippen molar-refractivity contribution >= 4 is 29.0 Å². The molecule has 4 nitrogen and oxygen atoms in total. The van der Waals surface area contributed by atoms with Crippen molar-refractivity contribution in [3.8, 4) is 0 Å². The largest absolute Gasteiger partial charge is 0.464 e. The average molecular weight is 333 g/mol. The second-order valence-electron chi connectivity index (χ2n) is 5.13. The van der Waals surface area contributed by atoms with Gasteiger partial charge in [0.05, 0.1) is 18.8 Å². The second-order valence-corrected chi connectivity index (χ2v) is 5.57. The first-order valence-corrected chi connectivity index (χ1v) is 7.42. The normalized spacial score (nSPS) is 17.1. The van der Waals surface area contributed by atoms with Crippen LogP contribution in [-0.2, 0) is 9.53 Å². The van der Waals surface area contributed by atoms with Gasteiger partial charge in [0.1, 0.15) is 11.5 Å². The molecule has 0 aliphatic carbocycles. The maximum absolute atomic E-state index is 13.2. The van der Waals surface area contributed by atoms with Crippen LogP contribution < -0.4 is 5.01 Å². The molecule has 0 aromatic heterocycles. The van der Waals surface area contributed by atoms with Crippen LogP contribution in [0.15, 0.2) is 53.6 Å². The number of halogens is 2. The molecule has 0 N–H and O–H groups in total. The van der Waals surface area contributed by atoms with Crippen LogP contribution >= 0.6 is 11.6 Å². The highest BCUT2D eigenvalue weighted by Crippen LogP contribution is 2.35. The van der Waals surface area contributed by atoms with E-state index in [1.54, 1.807) is 29.3 Å². The standard InChI is InChI=1S/C17H14ClFN2O2/c1-23-17(22)15-10-16(11-2-6-13(19)7-3-11)21(20-15)14-8-4-12(18)5-9-14/h2-9,16H,10H2,1H3/t16-/m1/s1. The predicted molar refractivity (Wildman–Crippen MR) is 87.1 cm³/mol. The van der Waals surface area contributed by atoms with Gasteiger partial charge in [-0.3, -0.25) is 5.01 Å². The molecule has 23 heavy (non-hydrogen) atoms. The fraction of sp³-hybridized carbons (Fsp3) is 0.176. The molecule has 0 amide bonds. The Balaban J connectivity index is 1.98. The molecule has 0 fully saturated rings. The molecule has 1 heterocycles. The summed E-state index contributed by atoms with van der Waals surface area (Å²) in [5.74, 6) is -0.771. The van der Waals surface area contributed by atoms with Crippen LogP contribution in [0.25, 0.3) is 0 Å². The summed E-state index contributed by atoms with van der Waals surface area (Å²) >= 11 is 5.92. The Bertz CT molecular complexity index is 744. The Labute approximate surface area is 138 Å². The third-order valence-corrected chi connectivity index (χ3v) is 3.93. The fourth-order valence-electron chi connectivity index (χ4n) is 2.53. The van der Waals surface area contributed by atoms with E-state index in [0.717, 1.165) is 11.3 Å². The minimum atomic E-state index is -0.464. The number of anilines is 1. The van der Waals surface area contributed by atoms with Crippen LogP contribution in [0.4, 0.5) is 10.1 Å². The van der Waals surface area contributed by atoms with Gasteiger partial charge in [0.2, 0.25) is 0 Å². The third-order valence-electron chi connectivity index (χ3n) is 3.68. The van der Waals surface area contributed by atoms with Gasteiger partial charge >= 0.3 is 5.97 Å². The molecule has 3 rings (SSSR count). The van der Waals surface area contributed by atoms with Gasteiger partial charge in [0.25, 0.3) is 0 Å². The van der Waals surface area contributed by atoms with Crippen LogP contribution in [0.3, 0.4) is 0 Å². The maximum atomic E-state index is 13.2. The quantitative estimate of drug-likeness (QED) is 0.799. The Kier molecular flexibility index (Phi) is 4.30. The number of ether oxygens (including phenoxy) is 1. The number of esters is 1. The summed E-state index contributed by atoms with van der Waals surface area (Å²) in [4.78, 5) is 11.8. The molecular weight excluding hydrogens is 319 g/mol. The van der Waals surface area contributed by atoms with Gasteiger partial charge in [0.15, 0.2) is 0 Å². The molecule has 0 bridgehead atoms. The van der Waals surface area contributed by atoms with Crippen molar-refractivity contribution in [1.29, 1.82) is 0 Å². The van der Waals surface area contributed by atoms with Crippen molar-refractivity contribution in [2.45, 2.75) is 12.5 Å². The summed E-state index contributed by atoms with van der Waals surface area (Å²) in [6.45, 7) is 0. The first-order valence-electron chi connectivity index (χ1n) is 7.04. The van der Waals surface area contributed by atoms with Crippen molar-refractivity contribution in [3.63, 3.8) is 0 Å². The predicted octanol–water partition coefficient (Wildman–Crippen LogP) is 3.96. The Morgan fingerprint density at radius 2 is 1.87 bits per heavy atom. The molecule has 6 heteroatoms. The van der Waals surface area contributed by atoms with E-state index < -0.39 is 5.97 Å². The van der Waals surface area contributed by atoms with Gasteiger partial charge in [-0.05, 0) is 42.0 Å². The molecule has 0 saturated carbocycles. The van der Waals surface area contributed by atoms with Gasteiger partial charge in [-0.2, -0.15) is 5.10 Å². The third kappa shape index (κ3) is 3.19. The van der Waals surface area contributed by atoms with Crippen LogP contribution in [0.1, 0.15) is 18.0 Å². The van der Waals surface area contributed by atoms with E-state index in [-0.39, 0.29) is 11.9 Å². The SMILES string of the molecule is COC(=O)C1=NN(c2ccc(Cl)cc2)[C@@H](c2ccc(F)cc2)C1. The number of rotatable bonds is 3. The van der Waals surface area contributed by atoms with Crippen LogP contribution in [0.5, 0.6) is 0 Å². The molecule has 1 atom stereocenters. The van der Waals surface area contributed by atoms with E-state index in [1.165, 1.54) is 19.2 Å². The highest BCUT2D eigenvalue weighted by atomic mass is 35.5. The number of carbonyl (C=O) groups is 1. The van der Waals surface area contributed by atoms with Gasteiger partial charge in [-0.1, -0.05) is 23.7 Å². The molecule has 0 radical (unpaired) electrons. The minimum absolute atomic E-state index is 0.203. The molecule has 1 aliphatic heterocycles. The van der Waals surface area contributed by atoms with Crippen molar-refractivity contribution in [1.82, 2.24) is 0 Å². The highest BCUT2D eigenvalue weighted by molar-refractivity contribution is 6.37. The lowest BCUT2D eigenvalue weighted by atomic mass is 10.0. The van der Waals surface area contributed by atoms with Crippen molar-refractivity contribution < 1.29 is 13.9 Å². The zero-order chi connectivity index (χ0) is 16.4. The number of methoxy groups -OCH3 is 1. The van der Waals surface area contributed by atoms with Gasteiger partial charge in [-0.25, -0.2) is 9.18 Å². The zero-order valence-electron chi connectivity index (χ0n) is 12.4. The van der Waals surface area contributed by atoms with E-state index >= 15 is 0 Å². The summed E-state index contributed by atoms with van der Waals surface area (Å²) in [6.07, 6.45) is 0.390. The maximum Gasteiger partial charge on any atom is 0.354 e. The Morgan fingerprint density at radius 1 is 1.22 bits per heavy atom. The average Bonchev–Trinajstić information content (AvgIpc) is 3.01. The Hall–Kier alpha value is -2.40. The summed E-state index contributed by atoms with van der Waals surface area (Å²) in [5, 5.41) is 6.72. The molecule has 118 valence electrons. The summed E-state index contributed by atoms with van der Waals surface area (Å²) in [5.41, 5.74) is 1.99. The van der Waals surface area contributed by atoms with Gasteiger partial charge in [-0.15, -0.1) is 0 Å². The number of hydrogen-bond acceptors (Lipinski definition) is 4. The first-order chi connectivity index (χ1) is 11.1. The van der Waals surface area contributed by atoms with Crippen LogP contribution in [-0.4, -0.2) is 18.8 Å². The summed E-state index contributed by atoms with van der Waals surface area (Å²) in [7, 11) is 1.32. The van der Waals surface area contributed by atoms with E-state index in [1.807, 2.05) is 12.1 Å². The van der Waals surface area contributed by atoms with Crippen molar-refractivity contribution in [2.75, 3.05) is 12.1 Å². The first kappa shape index (κ1) is 15.5. The lowest BCUT2D eigenvalue weighted by Gasteiger charge is -2.24. The molecule has 1 aliphatic rings. The molecule has 0 spiro atoms. The van der Waals surface area contributed by atoms with Crippen molar-refractivity contribution in [3.05, 3.63) is 64.9 Å². The van der Waals surface area contributed by atoms with E-state index in [9.17, 15) is 9.18 Å². The monoisotopic (exact) mass is 332 g/mol. The molecule has 2 aromatic carbocycles. The fourth-order valence-corrected chi connectivity index (χ4v) is 2.65. The Morgan fingerprint density at radius 3 is 2.48 bits per heavy atom. The minimum Gasteiger partial charge on any atom is -0.464 e. The van der Waals surface area contributed by atoms with E-state index in [0.29, 0.717) is 17.2 Å². The lowest BCUT2D eigenvalue weighted by molar-refractivity contribution is -0.132. The number of hydrogen-bond donors (Lipinski definition) is 0. The van der Waals surface area contributed by atoms with E-state index in [4.69, 9.17) is 16.3 Å². The van der Waals surface area contributed by atoms with Gasteiger partial charge < -0.3 is 4.74 Å². The van der Waals surface area contributed by atoms with Crippen molar-refractivity contribution in [2.24, 2.45) is 5.10 Å².